The molecule has 2 aliphatic rings. The van der Waals surface area contributed by atoms with E-state index in [1.54, 1.807) is 97.1 Å². The van der Waals surface area contributed by atoms with Gasteiger partial charge in [-0.25, -0.2) is 14.5 Å². The third kappa shape index (κ3) is 17.9. The molecule has 0 fully saturated rings. The van der Waals surface area contributed by atoms with Gasteiger partial charge in [0, 0.05) is 102 Å². The highest BCUT2D eigenvalue weighted by molar-refractivity contribution is 6.45. The Morgan fingerprint density at radius 1 is 0.383 bits per heavy atom. The summed E-state index contributed by atoms with van der Waals surface area (Å²) in [5, 5.41) is 3.25. The summed E-state index contributed by atoms with van der Waals surface area (Å²) in [5.74, 6) is -7.59. The summed E-state index contributed by atoms with van der Waals surface area (Å²) < 4.78 is 114. The summed E-state index contributed by atoms with van der Waals surface area (Å²) in [6, 6.07) is 55.9. The van der Waals surface area contributed by atoms with Gasteiger partial charge in [0.1, 0.15) is 93.6 Å². The Bertz CT molecular complexity index is 6890. The maximum atomic E-state index is 17.2. The van der Waals surface area contributed by atoms with Crippen LogP contribution < -0.4 is 18.9 Å². The van der Waals surface area contributed by atoms with Gasteiger partial charge in [-0.3, -0.25) is 38.6 Å². The van der Waals surface area contributed by atoms with Crippen LogP contribution in [0.1, 0.15) is 142 Å². The van der Waals surface area contributed by atoms with Crippen molar-refractivity contribution in [2.75, 3.05) is 59.8 Å². The number of para-hydroxylation sites is 4. The molecule has 0 bridgehead atoms. The number of hydrogen-bond donors (Lipinski definition) is 0. The van der Waals surface area contributed by atoms with Crippen LogP contribution in [0.5, 0.6) is 46.0 Å². The number of carbonyl (C=O) groups is 8. The fraction of sp³-hybridized carbons (Fsp3) is 0.259. The summed E-state index contributed by atoms with van der Waals surface area (Å²) in [5.41, 5.74) is 5.32. The van der Waals surface area contributed by atoms with Crippen LogP contribution in [-0.2, 0) is 76.7 Å². The number of amides is 6. The van der Waals surface area contributed by atoms with Gasteiger partial charge in [0.2, 0.25) is 5.91 Å². The minimum Gasteiger partial charge on any atom is -0.460 e. The molecular weight excluding hydrogens is 1700 g/mol. The summed E-state index contributed by atoms with van der Waals surface area (Å²) in [6.45, 7) is 15.4. The van der Waals surface area contributed by atoms with Gasteiger partial charge in [0.15, 0.2) is 0 Å². The van der Waals surface area contributed by atoms with Gasteiger partial charge in [-0.05, 0) is 158 Å². The number of carbonyl (C=O) groups excluding carboxylic acids is 8. The predicted octanol–water partition coefficient (Wildman–Crippen LogP) is 23.0. The highest BCUT2D eigenvalue weighted by atomic mass is 19.4. The van der Waals surface area contributed by atoms with E-state index in [4.69, 9.17) is 46.7 Å². The Morgan fingerprint density at radius 2 is 0.699 bits per heavy atom. The summed E-state index contributed by atoms with van der Waals surface area (Å²) in [4.78, 5) is 128. The van der Waals surface area contributed by atoms with Gasteiger partial charge in [-0.2, -0.15) is 0 Å². The van der Waals surface area contributed by atoms with Crippen molar-refractivity contribution in [1.82, 2.24) is 19.6 Å². The van der Waals surface area contributed by atoms with Crippen LogP contribution >= 0.6 is 0 Å². The van der Waals surface area contributed by atoms with Crippen molar-refractivity contribution < 1.29 is 98.3 Å². The number of hydrogen-bond acceptors (Lipinski definition) is 18. The monoisotopic (exact) mass is 1790 g/mol. The molecule has 678 valence electrons. The van der Waals surface area contributed by atoms with E-state index in [1.165, 1.54) is 50.1 Å². The Hall–Kier alpha value is -14.7. The predicted molar refractivity (Wildman–Crippen MR) is 502 cm³/mol. The molecule has 4 heterocycles. The molecule has 2 aliphatic heterocycles. The third-order valence-corrected chi connectivity index (χ3v) is 24.3. The molecule has 22 nitrogen and oxygen atoms in total. The lowest BCUT2D eigenvalue weighted by Crippen LogP contribution is -2.58. The average Bonchev–Trinajstić information content (AvgIpc) is 1.06. The molecule has 2 atom stereocenters. The molecule has 0 N–H and O–H groups in total. The van der Waals surface area contributed by atoms with E-state index in [0.29, 0.717) is 69.1 Å². The Labute approximate surface area is 764 Å². The summed E-state index contributed by atoms with van der Waals surface area (Å²) in [7, 11) is 1.53. The normalized spacial score (nSPS) is 13.2. The highest BCUT2D eigenvalue weighted by Gasteiger charge is 2.51. The molecule has 2 aromatic heterocycles. The molecule has 0 saturated carbocycles. The number of rotatable bonds is 38. The summed E-state index contributed by atoms with van der Waals surface area (Å²) >= 11 is 0. The van der Waals surface area contributed by atoms with E-state index in [9.17, 15) is 9.59 Å². The number of alkyl halides is 3. The highest BCUT2D eigenvalue weighted by Crippen LogP contribution is 2.59. The zero-order chi connectivity index (χ0) is 93.2. The first-order valence-electron chi connectivity index (χ1n) is 44.7. The number of aryl methyl sites for hydroxylation is 4. The molecular formula is C108H97F3N4O18. The van der Waals surface area contributed by atoms with Gasteiger partial charge in [0.25, 0.3) is 29.5 Å². The lowest BCUT2D eigenvalue weighted by Gasteiger charge is -2.37. The van der Waals surface area contributed by atoms with Crippen LogP contribution in [0.4, 0.5) is 13.2 Å². The standard InChI is InChI=1S/C108H97F3N4O18/c1-10-20-64-32-40-70(41-33-64)128-86-58-78-90-79(101(117)114(100(78)116)82(104(120)112(9)48-50-124-52-54-126-106(122)62(5)6)56-68-24-18-28-76-74-26-14-16-30-84(74)132-98(68)76)59-87(129-71-42-34-65(21-11-2)35-43-71)93-95-89(131-73-46-38-67(23-13-4)39-47-73)61-81-91-80(60-88(94(97(91)95)92(86)96(90)93)130-72-44-36-66(22-12-3)37-45-72)102(118)115(103(81)119)83(57-69-25-19-29-77-75-27-15-17-31-85(75)133-99(69)77)105(121)113(108(109,110)111)49-51-125-53-55-127-107(123)63(7)8/h14-19,24-47,58-61,82-83H,5,7,10-13,20-23,48-57H2,1-4,6,8-9H3. The van der Waals surface area contributed by atoms with Crippen molar-refractivity contribution in [3.05, 3.63) is 286 Å². The molecule has 17 rings (SSSR count). The van der Waals surface area contributed by atoms with E-state index >= 15 is 41.9 Å². The number of ether oxygens (including phenoxy) is 8. The van der Waals surface area contributed by atoms with Crippen LogP contribution in [0.25, 0.3) is 87.0 Å². The number of fused-ring (bicyclic) bond motifs is 8. The second-order valence-electron chi connectivity index (χ2n) is 33.6. The molecule has 2 unspecified atom stereocenters. The SMILES string of the molecule is C=C(C)C(=O)OCCOCCN(C)C(=O)C(Cc1cccc2c1oc1ccccc12)N1C(=O)c2cc(Oc3ccc(CCC)cc3)c3c4c(Oc5ccc(CCC)cc5)cc5c6c(cc(Oc7ccc(CCC)cc7)c(c7c(Oc8ccc(CCC)cc8)cc(c2c37)C1=O)c64)C(=O)N(C(Cc1cccc2c1oc1ccccc12)C(=O)N(CCOCCOC(=O)C(=C)C)C(F)(F)F)C5=O. The maximum Gasteiger partial charge on any atom is 0.487 e. The van der Waals surface area contributed by atoms with Crippen molar-refractivity contribution in [3.63, 3.8) is 0 Å². The third-order valence-electron chi connectivity index (χ3n) is 24.3. The molecule has 15 aromatic rings. The summed E-state index contributed by atoms with van der Waals surface area (Å²) in [6.07, 6.45) is -0.616. The molecule has 13 aromatic carbocycles. The Balaban J connectivity index is 0.949. The average molecular weight is 1800 g/mol. The number of esters is 2. The first kappa shape index (κ1) is 90.3. The van der Waals surface area contributed by atoms with Crippen LogP contribution in [0.15, 0.2) is 239 Å². The fourth-order valence-electron chi connectivity index (χ4n) is 18.0. The molecule has 133 heavy (non-hydrogen) atoms. The largest absolute Gasteiger partial charge is 0.487 e. The Kier molecular flexibility index (Phi) is 26.1. The number of furan rings is 2. The number of halogens is 3. The minimum atomic E-state index is -5.50. The zero-order valence-electron chi connectivity index (χ0n) is 74.7. The van der Waals surface area contributed by atoms with Crippen LogP contribution in [0.3, 0.4) is 0 Å². The van der Waals surface area contributed by atoms with Gasteiger partial charge in [-0.15, -0.1) is 13.2 Å². The number of benzene rings is 13. The second-order valence-corrected chi connectivity index (χ2v) is 33.6. The topological polar surface area (TPSA) is 250 Å². The number of nitrogens with zero attached hydrogens (tertiary/aromatic N) is 4. The van der Waals surface area contributed by atoms with Crippen LogP contribution in [0, 0.1) is 0 Å². The van der Waals surface area contributed by atoms with E-state index in [2.05, 4.69) is 27.0 Å². The lowest BCUT2D eigenvalue weighted by atomic mass is 9.80. The second kappa shape index (κ2) is 38.4. The zero-order valence-corrected chi connectivity index (χ0v) is 74.7. The van der Waals surface area contributed by atoms with Crippen LogP contribution in [0.2, 0.25) is 0 Å². The van der Waals surface area contributed by atoms with Crippen molar-refractivity contribution >= 4 is 134 Å². The quantitative estimate of drug-likeness (QED) is 0.00663. The van der Waals surface area contributed by atoms with E-state index in [0.717, 1.165) is 58.2 Å². The van der Waals surface area contributed by atoms with Crippen molar-refractivity contribution in [3.8, 4) is 46.0 Å². The minimum absolute atomic E-state index is 0.0401. The molecule has 0 spiro atoms. The first-order valence-corrected chi connectivity index (χ1v) is 44.7. The lowest BCUT2D eigenvalue weighted by molar-refractivity contribution is -0.244. The van der Waals surface area contributed by atoms with Crippen molar-refractivity contribution in [2.45, 2.75) is 124 Å². The van der Waals surface area contributed by atoms with Gasteiger partial charge in [0.05, 0.1) is 55.2 Å². The Morgan fingerprint density at radius 3 is 1.02 bits per heavy atom. The molecule has 25 heteroatoms. The van der Waals surface area contributed by atoms with Gasteiger partial charge in [-0.1, -0.05) is 188 Å². The maximum absolute atomic E-state index is 17.2. The van der Waals surface area contributed by atoms with Crippen molar-refractivity contribution in [1.29, 1.82) is 0 Å². The molecule has 0 saturated heterocycles. The van der Waals surface area contributed by atoms with Crippen molar-refractivity contribution in [2.24, 2.45) is 0 Å². The van der Waals surface area contributed by atoms with Crippen LogP contribution in [-0.4, -0.2) is 145 Å². The fourth-order valence-corrected chi connectivity index (χ4v) is 18.0. The first-order chi connectivity index (χ1) is 64.3. The number of likely N-dealkylation sites (N-methyl/N-ethyl adjacent to an activating group) is 1. The van der Waals surface area contributed by atoms with E-state index in [-0.39, 0.29) is 180 Å². The van der Waals surface area contributed by atoms with Gasteiger partial charge >= 0.3 is 18.2 Å². The smallest absolute Gasteiger partial charge is 0.460 e. The van der Waals surface area contributed by atoms with E-state index in [1.807, 2.05) is 98.8 Å². The van der Waals surface area contributed by atoms with E-state index < -0.39 is 90.2 Å². The molecule has 0 radical (unpaired) electrons. The number of imide groups is 2. The molecule has 0 aliphatic carbocycles. The van der Waals surface area contributed by atoms with Gasteiger partial charge < -0.3 is 51.6 Å². The molecule has 6 amide bonds.